The number of hydrogen-bond donors (Lipinski definition) is 1. The van der Waals surface area contributed by atoms with Gasteiger partial charge in [0.25, 0.3) is 0 Å². The van der Waals surface area contributed by atoms with Crippen LogP contribution in [0.1, 0.15) is 23.2 Å². The summed E-state index contributed by atoms with van der Waals surface area (Å²) in [5.41, 5.74) is 6.53. The summed E-state index contributed by atoms with van der Waals surface area (Å²) in [6, 6.07) is 6.59. The summed E-state index contributed by atoms with van der Waals surface area (Å²) in [4.78, 5) is 11.9. The van der Waals surface area contributed by atoms with E-state index in [9.17, 15) is 13.2 Å². The molecule has 1 aromatic carbocycles. The van der Waals surface area contributed by atoms with Crippen LogP contribution < -0.4 is 5.73 Å². The van der Waals surface area contributed by atoms with Gasteiger partial charge in [-0.3, -0.25) is 0 Å². The summed E-state index contributed by atoms with van der Waals surface area (Å²) in [6.07, 6.45) is 2.85. The molecule has 7 heteroatoms. The number of ether oxygens (including phenoxy) is 1. The van der Waals surface area contributed by atoms with E-state index >= 15 is 0 Å². The van der Waals surface area contributed by atoms with E-state index in [1.165, 1.54) is 10.6 Å². The van der Waals surface area contributed by atoms with Crippen molar-refractivity contribution in [3.8, 4) is 0 Å². The smallest absolute Gasteiger partial charge is 0.338 e. The van der Waals surface area contributed by atoms with E-state index in [4.69, 9.17) is 10.5 Å². The molecular weight excluding hydrogens is 292 g/mol. The minimum Gasteiger partial charge on any atom is -0.462 e. The standard InChI is InChI=1S/C14H20N2O4S/c1-21(18,19)16-7-3-4-11(9-16)10-20-14(17)12-5-2-6-13(15)8-12/h2,5-6,8,11H,3-4,7,9-10,15H2,1H3. The van der Waals surface area contributed by atoms with E-state index < -0.39 is 16.0 Å². The second kappa shape index (κ2) is 6.44. The summed E-state index contributed by atoms with van der Waals surface area (Å²) >= 11 is 0. The summed E-state index contributed by atoms with van der Waals surface area (Å²) in [7, 11) is -3.18. The highest BCUT2D eigenvalue weighted by Gasteiger charge is 2.26. The number of nitrogens with two attached hydrogens (primary N) is 1. The number of nitrogen functional groups attached to an aromatic ring is 1. The first-order valence-corrected chi connectivity index (χ1v) is 8.69. The van der Waals surface area contributed by atoms with Gasteiger partial charge in [0, 0.05) is 24.7 Å². The molecule has 0 bridgehead atoms. The fourth-order valence-corrected chi connectivity index (χ4v) is 3.35. The Hall–Kier alpha value is -1.60. The van der Waals surface area contributed by atoms with E-state index in [1.54, 1.807) is 24.3 Å². The molecule has 2 N–H and O–H groups in total. The van der Waals surface area contributed by atoms with Crippen LogP contribution in [0.25, 0.3) is 0 Å². The fraction of sp³-hybridized carbons (Fsp3) is 0.500. The maximum atomic E-state index is 11.9. The molecule has 0 aromatic heterocycles. The van der Waals surface area contributed by atoms with Crippen molar-refractivity contribution in [3.63, 3.8) is 0 Å². The quantitative estimate of drug-likeness (QED) is 0.664. The van der Waals surface area contributed by atoms with Gasteiger partial charge < -0.3 is 10.5 Å². The Kier molecular flexibility index (Phi) is 4.84. The van der Waals surface area contributed by atoms with E-state index in [-0.39, 0.29) is 12.5 Å². The number of piperidine rings is 1. The first-order valence-electron chi connectivity index (χ1n) is 6.84. The third kappa shape index (κ3) is 4.44. The van der Waals surface area contributed by atoms with Crippen LogP contribution in [0.2, 0.25) is 0 Å². The van der Waals surface area contributed by atoms with E-state index in [1.807, 2.05) is 0 Å². The van der Waals surface area contributed by atoms with Crippen LogP contribution in [-0.4, -0.2) is 44.6 Å². The van der Waals surface area contributed by atoms with Crippen molar-refractivity contribution in [1.82, 2.24) is 4.31 Å². The molecule has 1 fully saturated rings. The van der Waals surface area contributed by atoms with Crippen molar-refractivity contribution in [3.05, 3.63) is 29.8 Å². The van der Waals surface area contributed by atoms with Crippen molar-refractivity contribution < 1.29 is 17.9 Å². The second-order valence-corrected chi connectivity index (χ2v) is 7.34. The summed E-state index contributed by atoms with van der Waals surface area (Å²) in [5, 5.41) is 0. The highest BCUT2D eigenvalue weighted by Crippen LogP contribution is 2.19. The zero-order chi connectivity index (χ0) is 15.5. The van der Waals surface area contributed by atoms with Crippen molar-refractivity contribution in [2.75, 3.05) is 31.7 Å². The lowest BCUT2D eigenvalue weighted by molar-refractivity contribution is 0.0397. The van der Waals surface area contributed by atoms with Gasteiger partial charge in [0.05, 0.1) is 18.4 Å². The summed E-state index contributed by atoms with van der Waals surface area (Å²) < 4.78 is 29.8. The number of sulfonamides is 1. The summed E-state index contributed by atoms with van der Waals surface area (Å²) in [5.74, 6) is -0.391. The van der Waals surface area contributed by atoms with Gasteiger partial charge >= 0.3 is 5.97 Å². The lowest BCUT2D eigenvalue weighted by atomic mass is 10.0. The lowest BCUT2D eigenvalue weighted by Crippen LogP contribution is -2.40. The van der Waals surface area contributed by atoms with Gasteiger partial charge in [-0.1, -0.05) is 6.07 Å². The number of carbonyl (C=O) groups excluding carboxylic acids is 1. The van der Waals surface area contributed by atoms with E-state index in [2.05, 4.69) is 0 Å². The van der Waals surface area contributed by atoms with Gasteiger partial charge in [-0.05, 0) is 31.0 Å². The van der Waals surface area contributed by atoms with E-state index in [0.29, 0.717) is 24.3 Å². The molecule has 1 saturated heterocycles. The van der Waals surface area contributed by atoms with Gasteiger partial charge in [0.15, 0.2) is 0 Å². The first kappa shape index (κ1) is 15.8. The monoisotopic (exact) mass is 312 g/mol. The number of nitrogens with zero attached hydrogens (tertiary/aromatic N) is 1. The van der Waals surface area contributed by atoms with Crippen molar-refractivity contribution >= 4 is 21.7 Å². The number of hydrogen-bond acceptors (Lipinski definition) is 5. The molecule has 1 aliphatic rings. The maximum Gasteiger partial charge on any atom is 0.338 e. The fourth-order valence-electron chi connectivity index (χ4n) is 2.41. The van der Waals surface area contributed by atoms with Crippen molar-refractivity contribution in [2.45, 2.75) is 12.8 Å². The molecule has 0 spiro atoms. The Morgan fingerprint density at radius 3 is 2.90 bits per heavy atom. The molecular formula is C14H20N2O4S. The Bertz CT molecular complexity index is 615. The molecule has 0 aliphatic carbocycles. The molecule has 116 valence electrons. The molecule has 6 nitrogen and oxygen atoms in total. The van der Waals surface area contributed by atoms with Gasteiger partial charge in [-0.15, -0.1) is 0 Å². The Morgan fingerprint density at radius 2 is 2.24 bits per heavy atom. The van der Waals surface area contributed by atoms with Gasteiger partial charge in [-0.25, -0.2) is 17.5 Å². The molecule has 0 saturated carbocycles. The predicted octanol–water partition coefficient (Wildman–Crippen LogP) is 1.10. The third-order valence-electron chi connectivity index (χ3n) is 3.52. The van der Waals surface area contributed by atoms with Crippen molar-refractivity contribution in [1.29, 1.82) is 0 Å². The van der Waals surface area contributed by atoms with Crippen LogP contribution in [0.4, 0.5) is 5.69 Å². The van der Waals surface area contributed by atoms with Crippen molar-refractivity contribution in [2.24, 2.45) is 5.92 Å². The highest BCUT2D eigenvalue weighted by molar-refractivity contribution is 7.88. The highest BCUT2D eigenvalue weighted by atomic mass is 32.2. The number of rotatable bonds is 4. The van der Waals surface area contributed by atoms with Crippen LogP contribution in [0.3, 0.4) is 0 Å². The van der Waals surface area contributed by atoms with Crippen LogP contribution in [-0.2, 0) is 14.8 Å². The van der Waals surface area contributed by atoms with Gasteiger partial charge in [0.1, 0.15) is 0 Å². The average Bonchev–Trinajstić information content (AvgIpc) is 2.44. The summed E-state index contributed by atoms with van der Waals surface area (Å²) in [6.45, 7) is 1.17. The topological polar surface area (TPSA) is 89.7 Å². The normalized spacial score (nSPS) is 20.1. The number of anilines is 1. The molecule has 0 amide bonds. The molecule has 1 aliphatic heterocycles. The molecule has 0 radical (unpaired) electrons. The van der Waals surface area contributed by atoms with Crippen LogP contribution in [0, 0.1) is 5.92 Å². The Balaban J connectivity index is 1.89. The number of benzene rings is 1. The Labute approximate surface area is 124 Å². The van der Waals surface area contributed by atoms with Gasteiger partial charge in [0.2, 0.25) is 10.0 Å². The zero-order valence-corrected chi connectivity index (χ0v) is 12.8. The van der Waals surface area contributed by atoms with Crippen LogP contribution in [0.5, 0.6) is 0 Å². The third-order valence-corrected chi connectivity index (χ3v) is 4.79. The zero-order valence-electron chi connectivity index (χ0n) is 12.0. The number of carbonyl (C=O) groups is 1. The van der Waals surface area contributed by atoms with Crippen LogP contribution >= 0.6 is 0 Å². The maximum absolute atomic E-state index is 11.9. The molecule has 21 heavy (non-hydrogen) atoms. The van der Waals surface area contributed by atoms with Gasteiger partial charge in [-0.2, -0.15) is 0 Å². The Morgan fingerprint density at radius 1 is 1.48 bits per heavy atom. The molecule has 1 aromatic rings. The SMILES string of the molecule is CS(=O)(=O)N1CCCC(COC(=O)c2cccc(N)c2)C1. The van der Waals surface area contributed by atoms with Crippen LogP contribution in [0.15, 0.2) is 24.3 Å². The lowest BCUT2D eigenvalue weighted by Gasteiger charge is -2.30. The molecule has 2 rings (SSSR count). The number of esters is 1. The molecule has 1 unspecified atom stereocenters. The minimum absolute atomic E-state index is 0.0403. The molecule has 1 heterocycles. The second-order valence-electron chi connectivity index (χ2n) is 5.35. The average molecular weight is 312 g/mol. The van der Waals surface area contributed by atoms with E-state index in [0.717, 1.165) is 12.8 Å². The minimum atomic E-state index is -3.18. The predicted molar refractivity (Wildman–Crippen MR) is 80.3 cm³/mol. The first-order chi connectivity index (χ1) is 9.86. The molecule has 1 atom stereocenters. The largest absolute Gasteiger partial charge is 0.462 e.